The topological polar surface area (TPSA) is 23.5 Å². The molecule has 0 saturated heterocycles. The van der Waals surface area contributed by atoms with Gasteiger partial charge < -0.3 is 10.0 Å². The summed E-state index contributed by atoms with van der Waals surface area (Å²) in [6.07, 6.45) is 6.08. The van der Waals surface area contributed by atoms with Gasteiger partial charge in [-0.25, -0.2) is 0 Å². The van der Waals surface area contributed by atoms with Crippen LogP contribution in [0.1, 0.15) is 37.5 Å². The molecule has 1 atom stereocenters. The first-order chi connectivity index (χ1) is 8.65. The number of aliphatic hydroxyl groups excluding tert-OH is 1. The lowest BCUT2D eigenvalue weighted by atomic mass is 9.86. The molecule has 0 aliphatic heterocycles. The Hall–Kier alpha value is -0.380. The van der Waals surface area contributed by atoms with Gasteiger partial charge in [0.1, 0.15) is 0 Å². The van der Waals surface area contributed by atoms with Crippen molar-refractivity contribution in [1.82, 2.24) is 4.90 Å². The Bertz CT molecular complexity index is 343. The zero-order valence-electron chi connectivity index (χ0n) is 11.6. The van der Waals surface area contributed by atoms with Gasteiger partial charge in [-0.2, -0.15) is 0 Å². The lowest BCUT2D eigenvalue weighted by Gasteiger charge is -2.35. The van der Waals surface area contributed by atoms with E-state index in [2.05, 4.69) is 36.4 Å². The van der Waals surface area contributed by atoms with E-state index in [0.717, 1.165) is 13.0 Å². The summed E-state index contributed by atoms with van der Waals surface area (Å²) in [6, 6.07) is 4.89. The van der Waals surface area contributed by atoms with Crippen LogP contribution < -0.4 is 0 Å². The minimum Gasteiger partial charge on any atom is -0.396 e. The van der Waals surface area contributed by atoms with Gasteiger partial charge >= 0.3 is 0 Å². The normalized spacial score (nSPS) is 20.4. The first kappa shape index (κ1) is 14.0. The number of likely N-dealkylation sites (N-methyl/N-ethyl adjacent to an activating group) is 1. The highest BCUT2D eigenvalue weighted by molar-refractivity contribution is 7.09. The Balaban J connectivity index is 1.88. The monoisotopic (exact) mass is 267 g/mol. The summed E-state index contributed by atoms with van der Waals surface area (Å²) < 4.78 is 0. The third-order valence-electron chi connectivity index (χ3n) is 4.41. The molecule has 102 valence electrons. The molecule has 3 heteroatoms. The number of hydrogen-bond donors (Lipinski definition) is 1. The molecule has 1 unspecified atom stereocenters. The summed E-state index contributed by atoms with van der Waals surface area (Å²) in [5.74, 6) is 0. The van der Waals surface area contributed by atoms with Crippen molar-refractivity contribution < 1.29 is 5.11 Å². The Labute approximate surface area is 115 Å². The van der Waals surface area contributed by atoms with E-state index in [-0.39, 0.29) is 5.41 Å². The van der Waals surface area contributed by atoms with Crippen molar-refractivity contribution in [3.8, 4) is 0 Å². The summed E-state index contributed by atoms with van der Waals surface area (Å²) in [5.41, 5.74) is 0.179. The van der Waals surface area contributed by atoms with Gasteiger partial charge in [-0.3, -0.25) is 0 Å². The molecule has 1 heterocycles. The van der Waals surface area contributed by atoms with E-state index < -0.39 is 0 Å². The van der Waals surface area contributed by atoms with Gasteiger partial charge in [-0.15, -0.1) is 11.3 Å². The molecule has 1 aromatic heterocycles. The molecule has 1 aliphatic rings. The highest BCUT2D eigenvalue weighted by atomic mass is 32.1. The zero-order chi connectivity index (χ0) is 13.0. The number of aliphatic hydroxyl groups is 1. The predicted octanol–water partition coefficient (Wildman–Crippen LogP) is 3.16. The van der Waals surface area contributed by atoms with Crippen LogP contribution in [0.5, 0.6) is 0 Å². The minimum absolute atomic E-state index is 0.179. The molecule has 1 fully saturated rings. The van der Waals surface area contributed by atoms with Crippen molar-refractivity contribution in [1.29, 1.82) is 0 Å². The Kier molecular flexibility index (Phi) is 4.82. The number of thiophene rings is 1. The molecule has 18 heavy (non-hydrogen) atoms. The molecule has 0 radical (unpaired) electrons. The Morgan fingerprint density at radius 3 is 2.72 bits per heavy atom. The molecule has 0 spiro atoms. The van der Waals surface area contributed by atoms with Crippen LogP contribution in [-0.4, -0.2) is 36.2 Å². The van der Waals surface area contributed by atoms with Crippen molar-refractivity contribution in [3.05, 3.63) is 22.4 Å². The maximum absolute atomic E-state index is 9.68. The van der Waals surface area contributed by atoms with Crippen LogP contribution in [0.4, 0.5) is 0 Å². The molecular weight excluding hydrogens is 242 g/mol. The molecule has 2 nitrogen and oxygen atoms in total. The van der Waals surface area contributed by atoms with E-state index in [1.807, 2.05) is 11.3 Å². The fraction of sp³-hybridized carbons (Fsp3) is 0.733. The van der Waals surface area contributed by atoms with Gasteiger partial charge in [0, 0.05) is 29.5 Å². The second-order valence-electron chi connectivity index (χ2n) is 5.91. The van der Waals surface area contributed by atoms with Crippen LogP contribution in [-0.2, 0) is 6.42 Å². The van der Waals surface area contributed by atoms with E-state index in [4.69, 9.17) is 0 Å². The number of hydrogen-bond acceptors (Lipinski definition) is 3. The summed E-state index contributed by atoms with van der Waals surface area (Å²) in [4.78, 5) is 3.89. The standard InChI is InChI=1S/C15H25NOS/c1-13(10-14-6-5-9-18-14)16(2)11-15(12-17)7-3-4-8-15/h5-6,9,13,17H,3-4,7-8,10-12H2,1-2H3. The summed E-state index contributed by atoms with van der Waals surface area (Å²) in [5, 5.41) is 11.8. The first-order valence-electron chi connectivity index (χ1n) is 6.99. The summed E-state index contributed by atoms with van der Waals surface area (Å²) in [6.45, 7) is 3.68. The van der Waals surface area contributed by atoms with Gasteiger partial charge in [0.2, 0.25) is 0 Å². The fourth-order valence-corrected chi connectivity index (χ4v) is 3.88. The second-order valence-corrected chi connectivity index (χ2v) is 6.95. The number of rotatable bonds is 6. The van der Waals surface area contributed by atoms with Crippen LogP contribution >= 0.6 is 11.3 Å². The Morgan fingerprint density at radius 2 is 2.17 bits per heavy atom. The zero-order valence-corrected chi connectivity index (χ0v) is 12.4. The maximum Gasteiger partial charge on any atom is 0.0499 e. The van der Waals surface area contributed by atoms with E-state index in [0.29, 0.717) is 12.6 Å². The van der Waals surface area contributed by atoms with Crippen LogP contribution in [0.25, 0.3) is 0 Å². The molecule has 1 aromatic rings. The fourth-order valence-electron chi connectivity index (χ4n) is 3.05. The Morgan fingerprint density at radius 1 is 1.44 bits per heavy atom. The average Bonchev–Trinajstić information content (AvgIpc) is 3.01. The van der Waals surface area contributed by atoms with Gasteiger partial charge in [0.15, 0.2) is 0 Å². The average molecular weight is 267 g/mol. The second kappa shape index (κ2) is 6.18. The van der Waals surface area contributed by atoms with E-state index in [9.17, 15) is 5.11 Å². The lowest BCUT2D eigenvalue weighted by Crippen LogP contribution is -2.41. The van der Waals surface area contributed by atoms with Crippen LogP contribution in [0.2, 0.25) is 0 Å². The van der Waals surface area contributed by atoms with Crippen molar-refractivity contribution in [2.45, 2.75) is 45.1 Å². The first-order valence-corrected chi connectivity index (χ1v) is 7.87. The third kappa shape index (κ3) is 3.34. The molecule has 0 aromatic carbocycles. The highest BCUT2D eigenvalue weighted by Crippen LogP contribution is 2.38. The highest BCUT2D eigenvalue weighted by Gasteiger charge is 2.34. The number of nitrogens with zero attached hydrogens (tertiary/aromatic N) is 1. The smallest absolute Gasteiger partial charge is 0.0499 e. The third-order valence-corrected chi connectivity index (χ3v) is 5.31. The molecule has 1 saturated carbocycles. The molecule has 1 aliphatic carbocycles. The van der Waals surface area contributed by atoms with Crippen LogP contribution in [0, 0.1) is 5.41 Å². The molecule has 1 N–H and O–H groups in total. The lowest BCUT2D eigenvalue weighted by molar-refractivity contribution is 0.0748. The van der Waals surface area contributed by atoms with Crippen molar-refractivity contribution in [2.24, 2.45) is 5.41 Å². The molecular formula is C15H25NOS. The van der Waals surface area contributed by atoms with Crippen molar-refractivity contribution in [3.63, 3.8) is 0 Å². The van der Waals surface area contributed by atoms with Crippen molar-refractivity contribution >= 4 is 11.3 Å². The predicted molar refractivity (Wildman–Crippen MR) is 78.1 cm³/mol. The van der Waals surface area contributed by atoms with E-state index >= 15 is 0 Å². The maximum atomic E-state index is 9.68. The SMILES string of the molecule is CC(Cc1cccs1)N(C)CC1(CO)CCCC1. The van der Waals surface area contributed by atoms with Crippen molar-refractivity contribution in [2.75, 3.05) is 20.2 Å². The quantitative estimate of drug-likeness (QED) is 0.856. The minimum atomic E-state index is 0.179. The largest absolute Gasteiger partial charge is 0.396 e. The summed E-state index contributed by atoms with van der Waals surface area (Å²) in [7, 11) is 2.20. The van der Waals surface area contributed by atoms with E-state index in [1.165, 1.54) is 30.6 Å². The van der Waals surface area contributed by atoms with Crippen LogP contribution in [0.15, 0.2) is 17.5 Å². The molecule has 2 rings (SSSR count). The van der Waals surface area contributed by atoms with Gasteiger partial charge in [0.25, 0.3) is 0 Å². The van der Waals surface area contributed by atoms with Crippen LogP contribution in [0.3, 0.4) is 0 Å². The van der Waals surface area contributed by atoms with Gasteiger partial charge in [-0.05, 0) is 44.7 Å². The van der Waals surface area contributed by atoms with E-state index in [1.54, 1.807) is 0 Å². The molecule has 0 bridgehead atoms. The van der Waals surface area contributed by atoms with Gasteiger partial charge in [0.05, 0.1) is 0 Å². The van der Waals surface area contributed by atoms with Gasteiger partial charge in [-0.1, -0.05) is 18.9 Å². The molecule has 0 amide bonds. The summed E-state index contributed by atoms with van der Waals surface area (Å²) >= 11 is 1.84.